The molecule has 6 nitrogen and oxygen atoms in total. The minimum atomic E-state index is -0.188. The normalized spacial score (nSPS) is 18.3. The van der Waals surface area contributed by atoms with Crippen LogP contribution in [0.15, 0.2) is 24.3 Å². The molecule has 6 heteroatoms. The summed E-state index contributed by atoms with van der Waals surface area (Å²) in [5.41, 5.74) is 1.49. The Kier molecular flexibility index (Phi) is 6.50. The molecule has 1 heterocycles. The Morgan fingerprint density at radius 2 is 1.62 bits per heavy atom. The Balaban J connectivity index is 1.30. The number of piperidine rings is 1. The lowest BCUT2D eigenvalue weighted by Crippen LogP contribution is -2.36. The predicted molar refractivity (Wildman–Crippen MR) is 104 cm³/mol. The number of anilines is 2. The van der Waals surface area contributed by atoms with E-state index in [1.54, 1.807) is 12.1 Å². The molecule has 0 atom stereocenters. The number of nitrogens with zero attached hydrogens (tertiary/aromatic N) is 1. The second-order valence-electron chi connectivity index (χ2n) is 7.60. The molecular weight excluding hydrogens is 328 g/mol. The minimum Gasteiger partial charge on any atom is -0.338 e. The Hall–Kier alpha value is -2.08. The van der Waals surface area contributed by atoms with Crippen LogP contribution in [0.2, 0.25) is 0 Å². The van der Waals surface area contributed by atoms with Crippen LogP contribution < -0.4 is 16.0 Å². The van der Waals surface area contributed by atoms with E-state index in [1.165, 1.54) is 25.9 Å². The summed E-state index contributed by atoms with van der Waals surface area (Å²) in [6.45, 7) is 6.39. The van der Waals surface area contributed by atoms with Gasteiger partial charge in [-0.2, -0.15) is 0 Å². The first-order valence-corrected chi connectivity index (χ1v) is 9.78. The average molecular weight is 358 g/mol. The Morgan fingerprint density at radius 3 is 2.23 bits per heavy atom. The van der Waals surface area contributed by atoms with Crippen molar-refractivity contribution >= 4 is 23.3 Å². The number of amides is 3. The van der Waals surface area contributed by atoms with Crippen LogP contribution in [0.4, 0.5) is 16.2 Å². The number of benzene rings is 1. The molecule has 1 saturated heterocycles. The first-order valence-electron chi connectivity index (χ1n) is 9.78. The minimum absolute atomic E-state index is 0.0895. The van der Waals surface area contributed by atoms with Crippen molar-refractivity contribution in [2.24, 2.45) is 11.8 Å². The smallest absolute Gasteiger partial charge is 0.319 e. The number of hydrogen-bond acceptors (Lipinski definition) is 3. The second-order valence-corrected chi connectivity index (χ2v) is 7.60. The SMILES string of the molecule is CC1CCN(CCCNC(=O)Nc2ccc(NC(=O)C3CC3)cc2)CC1. The largest absolute Gasteiger partial charge is 0.338 e. The van der Waals surface area contributed by atoms with Gasteiger partial charge < -0.3 is 20.9 Å². The third kappa shape index (κ3) is 6.02. The lowest BCUT2D eigenvalue weighted by Gasteiger charge is -2.30. The molecule has 1 aliphatic heterocycles. The molecule has 3 N–H and O–H groups in total. The summed E-state index contributed by atoms with van der Waals surface area (Å²) in [6, 6.07) is 7.04. The van der Waals surface area contributed by atoms with Gasteiger partial charge in [0, 0.05) is 23.8 Å². The van der Waals surface area contributed by atoms with Gasteiger partial charge in [0.05, 0.1) is 0 Å². The van der Waals surface area contributed by atoms with E-state index >= 15 is 0 Å². The molecule has 0 bridgehead atoms. The van der Waals surface area contributed by atoms with E-state index < -0.39 is 0 Å². The lowest BCUT2D eigenvalue weighted by atomic mass is 9.99. The van der Waals surface area contributed by atoms with E-state index in [-0.39, 0.29) is 17.9 Å². The maximum Gasteiger partial charge on any atom is 0.319 e. The van der Waals surface area contributed by atoms with Gasteiger partial charge in [0.1, 0.15) is 0 Å². The molecule has 0 unspecified atom stereocenters. The van der Waals surface area contributed by atoms with Gasteiger partial charge in [-0.05, 0) is 81.9 Å². The van der Waals surface area contributed by atoms with Gasteiger partial charge in [0.2, 0.25) is 5.91 Å². The summed E-state index contributed by atoms with van der Waals surface area (Å²) in [4.78, 5) is 26.2. The molecule has 2 aliphatic rings. The van der Waals surface area contributed by atoms with Crippen LogP contribution in [-0.4, -0.2) is 43.0 Å². The van der Waals surface area contributed by atoms with Crippen LogP contribution in [0.1, 0.15) is 39.0 Å². The van der Waals surface area contributed by atoms with Crippen molar-refractivity contribution in [3.8, 4) is 0 Å². The monoisotopic (exact) mass is 358 g/mol. The Morgan fingerprint density at radius 1 is 1.00 bits per heavy atom. The van der Waals surface area contributed by atoms with E-state index in [0.717, 1.165) is 43.1 Å². The van der Waals surface area contributed by atoms with Gasteiger partial charge in [0.25, 0.3) is 0 Å². The summed E-state index contributed by atoms with van der Waals surface area (Å²) in [5.74, 6) is 1.13. The van der Waals surface area contributed by atoms with E-state index in [9.17, 15) is 9.59 Å². The highest BCUT2D eigenvalue weighted by Crippen LogP contribution is 2.30. The van der Waals surface area contributed by atoms with E-state index in [0.29, 0.717) is 6.54 Å². The molecule has 26 heavy (non-hydrogen) atoms. The molecule has 0 radical (unpaired) electrons. The Bertz CT molecular complexity index is 605. The summed E-state index contributed by atoms with van der Waals surface area (Å²) in [5, 5.41) is 8.62. The van der Waals surface area contributed by atoms with Gasteiger partial charge in [-0.15, -0.1) is 0 Å². The van der Waals surface area contributed by atoms with Gasteiger partial charge in [-0.3, -0.25) is 4.79 Å². The number of urea groups is 1. The highest BCUT2D eigenvalue weighted by molar-refractivity contribution is 5.94. The van der Waals surface area contributed by atoms with Crippen LogP contribution >= 0.6 is 0 Å². The van der Waals surface area contributed by atoms with Crippen LogP contribution in [0.3, 0.4) is 0 Å². The first-order chi connectivity index (χ1) is 12.6. The van der Waals surface area contributed by atoms with E-state index in [4.69, 9.17) is 0 Å². The molecular formula is C20H30N4O2. The summed E-state index contributed by atoms with van der Waals surface area (Å²) >= 11 is 0. The molecule has 142 valence electrons. The molecule has 0 spiro atoms. The number of hydrogen-bond donors (Lipinski definition) is 3. The number of rotatable bonds is 7. The number of nitrogens with one attached hydrogen (secondary N) is 3. The van der Waals surface area contributed by atoms with Crippen molar-refractivity contribution in [1.82, 2.24) is 10.2 Å². The van der Waals surface area contributed by atoms with Crippen molar-refractivity contribution < 1.29 is 9.59 Å². The highest BCUT2D eigenvalue weighted by atomic mass is 16.2. The zero-order chi connectivity index (χ0) is 18.4. The quantitative estimate of drug-likeness (QED) is 0.655. The molecule has 2 fully saturated rings. The maximum atomic E-state index is 12.0. The fourth-order valence-electron chi connectivity index (χ4n) is 3.19. The fraction of sp³-hybridized carbons (Fsp3) is 0.600. The summed E-state index contributed by atoms with van der Waals surface area (Å²) < 4.78 is 0. The van der Waals surface area contributed by atoms with Crippen LogP contribution in [-0.2, 0) is 4.79 Å². The van der Waals surface area contributed by atoms with Gasteiger partial charge in [-0.25, -0.2) is 4.79 Å². The predicted octanol–water partition coefficient (Wildman–Crippen LogP) is 3.28. The molecule has 3 amide bonds. The molecule has 0 aromatic heterocycles. The summed E-state index contributed by atoms with van der Waals surface area (Å²) in [7, 11) is 0. The van der Waals surface area contributed by atoms with Crippen molar-refractivity contribution in [2.45, 2.75) is 39.0 Å². The second kappa shape index (κ2) is 9.03. The highest BCUT2D eigenvalue weighted by Gasteiger charge is 2.29. The molecule has 1 aromatic rings. The number of carbonyl (C=O) groups excluding carboxylic acids is 2. The van der Waals surface area contributed by atoms with Gasteiger partial charge in [-0.1, -0.05) is 6.92 Å². The standard InChI is InChI=1S/C20H30N4O2/c1-15-9-13-24(14-10-15)12-2-11-21-20(26)23-18-7-5-17(6-8-18)22-19(25)16-3-4-16/h5-8,15-16H,2-4,9-14H2,1H3,(H,22,25)(H2,21,23,26). The molecule has 1 saturated carbocycles. The third-order valence-corrected chi connectivity index (χ3v) is 5.17. The average Bonchev–Trinajstić information content (AvgIpc) is 3.47. The number of carbonyl (C=O) groups is 2. The lowest BCUT2D eigenvalue weighted by molar-refractivity contribution is -0.117. The Labute approximate surface area is 155 Å². The van der Waals surface area contributed by atoms with Crippen molar-refractivity contribution in [2.75, 3.05) is 36.8 Å². The maximum absolute atomic E-state index is 12.0. The van der Waals surface area contributed by atoms with Crippen molar-refractivity contribution in [3.05, 3.63) is 24.3 Å². The van der Waals surface area contributed by atoms with E-state index in [1.807, 2.05) is 12.1 Å². The van der Waals surface area contributed by atoms with Crippen LogP contribution in [0.5, 0.6) is 0 Å². The van der Waals surface area contributed by atoms with Crippen LogP contribution in [0.25, 0.3) is 0 Å². The zero-order valence-electron chi connectivity index (χ0n) is 15.6. The van der Waals surface area contributed by atoms with E-state index in [2.05, 4.69) is 27.8 Å². The van der Waals surface area contributed by atoms with Gasteiger partial charge in [0.15, 0.2) is 0 Å². The van der Waals surface area contributed by atoms with Crippen molar-refractivity contribution in [3.63, 3.8) is 0 Å². The van der Waals surface area contributed by atoms with Gasteiger partial charge >= 0.3 is 6.03 Å². The summed E-state index contributed by atoms with van der Waals surface area (Å²) in [6.07, 6.45) is 5.51. The molecule has 3 rings (SSSR count). The molecule has 1 aliphatic carbocycles. The first kappa shape index (κ1) is 18.7. The zero-order valence-corrected chi connectivity index (χ0v) is 15.6. The fourth-order valence-corrected chi connectivity index (χ4v) is 3.19. The topological polar surface area (TPSA) is 73.5 Å². The molecule has 1 aromatic carbocycles. The third-order valence-electron chi connectivity index (χ3n) is 5.17. The number of likely N-dealkylation sites (tertiary alicyclic amines) is 1. The van der Waals surface area contributed by atoms with Crippen molar-refractivity contribution in [1.29, 1.82) is 0 Å². The van der Waals surface area contributed by atoms with Crippen LogP contribution in [0, 0.1) is 11.8 Å².